The van der Waals surface area contributed by atoms with Crippen molar-refractivity contribution in [2.45, 2.75) is 25.6 Å². The molecule has 2 nitrogen and oxygen atoms in total. The Morgan fingerprint density at radius 2 is 2.00 bits per heavy atom. The molecule has 1 atom stereocenters. The van der Waals surface area contributed by atoms with E-state index in [1.165, 1.54) is 12.1 Å². The van der Waals surface area contributed by atoms with Gasteiger partial charge in [-0.3, -0.25) is 0 Å². The fraction of sp³-hybridized carbons (Fsp3) is 0.455. The highest BCUT2D eigenvalue weighted by Crippen LogP contribution is 2.31. The molecule has 6 heteroatoms. The van der Waals surface area contributed by atoms with Crippen molar-refractivity contribution in [3.05, 3.63) is 29.8 Å². The van der Waals surface area contributed by atoms with E-state index in [0.717, 1.165) is 18.6 Å². The lowest BCUT2D eigenvalue weighted by molar-refractivity contribution is -0.137. The van der Waals surface area contributed by atoms with E-state index < -0.39 is 11.7 Å². The van der Waals surface area contributed by atoms with Gasteiger partial charge in [-0.2, -0.15) is 13.2 Å². The molecule has 17 heavy (non-hydrogen) atoms. The Labute approximate surface area is 104 Å². The number of hydrogen-bond acceptors (Lipinski definition) is 2. The van der Waals surface area contributed by atoms with Crippen molar-refractivity contribution < 1.29 is 17.9 Å². The summed E-state index contributed by atoms with van der Waals surface area (Å²) in [6.45, 7) is 2.11. The van der Waals surface area contributed by atoms with Crippen molar-refractivity contribution in [2.75, 3.05) is 6.61 Å². The number of benzene rings is 1. The van der Waals surface area contributed by atoms with Gasteiger partial charge in [-0.15, -0.1) is 12.4 Å². The Balaban J connectivity index is 0.00000256. The summed E-state index contributed by atoms with van der Waals surface area (Å²) in [5.74, 6) is 0.193. The van der Waals surface area contributed by atoms with Gasteiger partial charge >= 0.3 is 6.18 Å². The van der Waals surface area contributed by atoms with E-state index in [1.54, 1.807) is 0 Å². The largest absolute Gasteiger partial charge is 0.492 e. The number of hydrogen-bond donors (Lipinski definition) is 1. The van der Waals surface area contributed by atoms with Crippen molar-refractivity contribution in [1.29, 1.82) is 0 Å². The van der Waals surface area contributed by atoms with Gasteiger partial charge in [0.25, 0.3) is 0 Å². The van der Waals surface area contributed by atoms with Crippen LogP contribution in [0.25, 0.3) is 0 Å². The number of rotatable bonds is 4. The first-order valence-corrected chi connectivity index (χ1v) is 4.99. The summed E-state index contributed by atoms with van der Waals surface area (Å²) in [6.07, 6.45) is -3.62. The van der Waals surface area contributed by atoms with Gasteiger partial charge in [0, 0.05) is 6.04 Å². The molecule has 0 saturated carbocycles. The molecule has 2 N–H and O–H groups in total. The molecule has 0 saturated heterocycles. The molecule has 98 valence electrons. The molecule has 0 aromatic heterocycles. The third-order valence-electron chi connectivity index (χ3n) is 2.15. The third-order valence-corrected chi connectivity index (χ3v) is 2.15. The summed E-state index contributed by atoms with van der Waals surface area (Å²) in [4.78, 5) is 0. The molecule has 1 aromatic rings. The van der Waals surface area contributed by atoms with Crippen LogP contribution in [0.4, 0.5) is 13.2 Å². The van der Waals surface area contributed by atoms with Crippen LogP contribution >= 0.6 is 12.4 Å². The highest BCUT2D eigenvalue weighted by molar-refractivity contribution is 5.85. The summed E-state index contributed by atoms with van der Waals surface area (Å²) < 4.78 is 42.2. The molecule has 1 rings (SSSR count). The van der Waals surface area contributed by atoms with Crippen molar-refractivity contribution in [3.8, 4) is 5.75 Å². The van der Waals surface area contributed by atoms with Crippen LogP contribution in [-0.2, 0) is 6.18 Å². The van der Waals surface area contributed by atoms with Gasteiger partial charge in [-0.25, -0.2) is 0 Å². The van der Waals surface area contributed by atoms with E-state index in [1.807, 2.05) is 6.92 Å². The zero-order valence-corrected chi connectivity index (χ0v) is 10.1. The summed E-state index contributed by atoms with van der Waals surface area (Å²) in [5, 5.41) is 0. The standard InChI is InChI=1S/C11H14F3NO.ClH/c1-2-9(15)7-16-10-5-3-4-8(6-10)11(12,13)14;/h3-6,9H,2,7,15H2,1H3;1H. The summed E-state index contributed by atoms with van der Waals surface area (Å²) in [5.41, 5.74) is 4.88. The minimum atomic E-state index is -4.34. The van der Waals surface area contributed by atoms with E-state index in [0.29, 0.717) is 0 Å². The second-order valence-corrected chi connectivity index (χ2v) is 3.50. The third kappa shape index (κ3) is 5.28. The van der Waals surface area contributed by atoms with Gasteiger partial charge in [0.05, 0.1) is 5.56 Å². The quantitative estimate of drug-likeness (QED) is 0.911. The fourth-order valence-electron chi connectivity index (χ4n) is 1.08. The topological polar surface area (TPSA) is 35.2 Å². The average Bonchev–Trinajstić information content (AvgIpc) is 2.25. The van der Waals surface area contributed by atoms with E-state index in [2.05, 4.69) is 0 Å². The molecular formula is C11H15ClF3NO. The van der Waals surface area contributed by atoms with Crippen molar-refractivity contribution in [3.63, 3.8) is 0 Å². The summed E-state index contributed by atoms with van der Waals surface area (Å²) in [7, 11) is 0. The normalized spacial score (nSPS) is 12.8. The molecule has 1 aromatic carbocycles. The molecule has 0 aliphatic rings. The van der Waals surface area contributed by atoms with Crippen molar-refractivity contribution >= 4 is 12.4 Å². The van der Waals surface area contributed by atoms with Gasteiger partial charge in [0.2, 0.25) is 0 Å². The smallest absolute Gasteiger partial charge is 0.416 e. The average molecular weight is 270 g/mol. The molecule has 0 heterocycles. The number of alkyl halides is 3. The molecule has 0 amide bonds. The Morgan fingerprint density at radius 1 is 1.35 bits per heavy atom. The minimum Gasteiger partial charge on any atom is -0.492 e. The van der Waals surface area contributed by atoms with Crippen LogP contribution in [0.3, 0.4) is 0 Å². The summed E-state index contributed by atoms with van der Waals surface area (Å²) >= 11 is 0. The predicted octanol–water partition coefficient (Wildman–Crippen LogP) is 3.24. The Bertz CT molecular complexity index is 344. The maximum absolute atomic E-state index is 12.4. The van der Waals surface area contributed by atoms with Gasteiger partial charge in [-0.05, 0) is 24.6 Å². The molecule has 0 aliphatic heterocycles. The van der Waals surface area contributed by atoms with Gasteiger partial charge in [0.1, 0.15) is 12.4 Å². The van der Waals surface area contributed by atoms with Gasteiger partial charge in [-0.1, -0.05) is 13.0 Å². The summed E-state index contributed by atoms with van der Waals surface area (Å²) in [6, 6.07) is 4.62. The monoisotopic (exact) mass is 269 g/mol. The van der Waals surface area contributed by atoms with E-state index in [9.17, 15) is 13.2 Å². The second kappa shape index (κ2) is 6.71. The van der Waals surface area contributed by atoms with E-state index in [4.69, 9.17) is 10.5 Å². The highest BCUT2D eigenvalue weighted by Gasteiger charge is 2.30. The lowest BCUT2D eigenvalue weighted by Crippen LogP contribution is -2.26. The first-order chi connectivity index (χ1) is 7.43. The Kier molecular flexibility index (Phi) is 6.34. The first-order valence-electron chi connectivity index (χ1n) is 4.99. The Morgan fingerprint density at radius 3 is 2.53 bits per heavy atom. The zero-order chi connectivity index (χ0) is 12.2. The molecule has 0 spiro atoms. The fourth-order valence-corrected chi connectivity index (χ4v) is 1.08. The lowest BCUT2D eigenvalue weighted by atomic mass is 10.2. The minimum absolute atomic E-state index is 0. The molecule has 0 radical (unpaired) electrons. The molecular weight excluding hydrogens is 255 g/mol. The molecule has 1 unspecified atom stereocenters. The number of halogens is 4. The van der Waals surface area contributed by atoms with Crippen molar-refractivity contribution in [1.82, 2.24) is 0 Å². The van der Waals surface area contributed by atoms with E-state index in [-0.39, 0.29) is 30.8 Å². The first kappa shape index (κ1) is 16.1. The van der Waals surface area contributed by atoms with Crippen LogP contribution in [0, 0.1) is 0 Å². The molecule has 0 aliphatic carbocycles. The lowest BCUT2D eigenvalue weighted by Gasteiger charge is -2.12. The maximum Gasteiger partial charge on any atom is 0.416 e. The SMILES string of the molecule is CCC(N)COc1cccc(C(F)(F)F)c1.Cl. The second-order valence-electron chi connectivity index (χ2n) is 3.50. The van der Waals surface area contributed by atoms with Crippen molar-refractivity contribution in [2.24, 2.45) is 5.73 Å². The van der Waals surface area contributed by atoms with Crippen LogP contribution in [0.5, 0.6) is 5.75 Å². The maximum atomic E-state index is 12.4. The number of ether oxygens (including phenoxy) is 1. The van der Waals surface area contributed by atoms with Crippen LogP contribution in [0.15, 0.2) is 24.3 Å². The zero-order valence-electron chi connectivity index (χ0n) is 9.33. The van der Waals surface area contributed by atoms with Gasteiger partial charge < -0.3 is 10.5 Å². The van der Waals surface area contributed by atoms with Crippen LogP contribution in [0.2, 0.25) is 0 Å². The Hall–Kier alpha value is -0.940. The van der Waals surface area contributed by atoms with Crippen LogP contribution in [0.1, 0.15) is 18.9 Å². The van der Waals surface area contributed by atoms with Crippen LogP contribution < -0.4 is 10.5 Å². The molecule has 0 fully saturated rings. The number of nitrogens with two attached hydrogens (primary N) is 1. The highest BCUT2D eigenvalue weighted by atomic mass is 35.5. The van der Waals surface area contributed by atoms with E-state index >= 15 is 0 Å². The predicted molar refractivity (Wildman–Crippen MR) is 62.5 cm³/mol. The van der Waals surface area contributed by atoms with Crippen LogP contribution in [-0.4, -0.2) is 12.6 Å². The molecule has 0 bridgehead atoms. The van der Waals surface area contributed by atoms with Gasteiger partial charge in [0.15, 0.2) is 0 Å².